The van der Waals surface area contributed by atoms with Crippen molar-refractivity contribution in [3.05, 3.63) is 97.2 Å². The standard InChI is InChI=1S/C57H94O6/c1-4-7-10-13-16-19-21-23-25-27-29-31-33-35-38-41-44-47-50-56(59)62-53-54(52-61-55(58)49-46-43-40-37-18-15-12-9-6-3)63-57(60)51-48-45-42-39-36-34-32-30-28-26-24-22-20-17-14-11-8-5-2/h9-10,12-13,16,18-19,21,23,25,27,29,31,37,43,46,54H,4-8,11,14-15,17,20,22,24,26,28,30,32-36,38-42,44-45,47-53H2,1-3H3/b12-9-,13-10-,19-16-,23-21-,27-25-,31-29-,37-18-,46-43-. The van der Waals surface area contributed by atoms with Crippen LogP contribution in [0.5, 0.6) is 0 Å². The van der Waals surface area contributed by atoms with Crippen molar-refractivity contribution in [1.29, 1.82) is 0 Å². The molecule has 0 amide bonds. The van der Waals surface area contributed by atoms with E-state index in [0.717, 1.165) is 83.5 Å². The van der Waals surface area contributed by atoms with Crippen LogP contribution < -0.4 is 0 Å². The highest BCUT2D eigenvalue weighted by molar-refractivity contribution is 5.72. The molecule has 1 atom stereocenters. The number of hydrogen-bond donors (Lipinski definition) is 0. The van der Waals surface area contributed by atoms with Crippen LogP contribution in [0.2, 0.25) is 0 Å². The van der Waals surface area contributed by atoms with Gasteiger partial charge in [0.2, 0.25) is 0 Å². The van der Waals surface area contributed by atoms with Crippen LogP contribution >= 0.6 is 0 Å². The van der Waals surface area contributed by atoms with Crippen LogP contribution in [0.15, 0.2) is 97.2 Å². The molecule has 0 saturated heterocycles. The first kappa shape index (κ1) is 59.3. The monoisotopic (exact) mass is 875 g/mol. The Morgan fingerprint density at radius 3 is 1.25 bits per heavy atom. The average Bonchev–Trinajstić information content (AvgIpc) is 3.28. The average molecular weight is 875 g/mol. The van der Waals surface area contributed by atoms with E-state index in [1.54, 1.807) is 6.08 Å². The Hall–Kier alpha value is -3.67. The van der Waals surface area contributed by atoms with Gasteiger partial charge in [-0.15, -0.1) is 0 Å². The van der Waals surface area contributed by atoms with Gasteiger partial charge >= 0.3 is 17.9 Å². The first-order valence-corrected chi connectivity index (χ1v) is 25.8. The molecule has 0 aromatic carbocycles. The summed E-state index contributed by atoms with van der Waals surface area (Å²) in [6, 6.07) is 0. The Labute approximate surface area is 387 Å². The van der Waals surface area contributed by atoms with Crippen molar-refractivity contribution < 1.29 is 28.6 Å². The van der Waals surface area contributed by atoms with Crippen LogP contribution in [-0.4, -0.2) is 37.2 Å². The SMILES string of the molecule is CC/C=C\C/C=C\C/C=C\CC(=O)OCC(COC(=O)CCCCCCC\C=C/C=C\C=C/C=C\C=C/CCC)OC(=O)CCCCCCCCCCCCCCCCCCCC. The smallest absolute Gasteiger partial charge is 0.309 e. The molecule has 63 heavy (non-hydrogen) atoms. The molecule has 0 radical (unpaired) electrons. The summed E-state index contributed by atoms with van der Waals surface area (Å²) in [5, 5.41) is 0. The predicted molar refractivity (Wildman–Crippen MR) is 270 cm³/mol. The minimum Gasteiger partial charge on any atom is -0.462 e. The van der Waals surface area contributed by atoms with Gasteiger partial charge in [0, 0.05) is 12.8 Å². The van der Waals surface area contributed by atoms with Crippen molar-refractivity contribution in [2.75, 3.05) is 13.2 Å². The summed E-state index contributed by atoms with van der Waals surface area (Å²) in [6.45, 7) is 6.31. The molecule has 358 valence electrons. The maximum absolute atomic E-state index is 12.8. The number of hydrogen-bond acceptors (Lipinski definition) is 6. The Bertz CT molecular complexity index is 1280. The minimum absolute atomic E-state index is 0.117. The van der Waals surface area contributed by atoms with Crippen molar-refractivity contribution >= 4 is 17.9 Å². The summed E-state index contributed by atoms with van der Waals surface area (Å²) in [6.07, 6.45) is 67.1. The molecule has 0 saturated carbocycles. The van der Waals surface area contributed by atoms with Gasteiger partial charge in [-0.2, -0.15) is 0 Å². The van der Waals surface area contributed by atoms with Crippen molar-refractivity contribution in [3.8, 4) is 0 Å². The van der Waals surface area contributed by atoms with Gasteiger partial charge in [-0.05, 0) is 51.4 Å². The third-order valence-electron chi connectivity index (χ3n) is 10.7. The summed E-state index contributed by atoms with van der Waals surface area (Å²) < 4.78 is 16.6. The fourth-order valence-electron chi connectivity index (χ4n) is 6.89. The van der Waals surface area contributed by atoms with Crippen LogP contribution in [0.4, 0.5) is 0 Å². The number of esters is 3. The number of unbranched alkanes of at least 4 members (excludes halogenated alkanes) is 23. The molecule has 0 spiro atoms. The van der Waals surface area contributed by atoms with Gasteiger partial charge in [-0.25, -0.2) is 0 Å². The molecule has 0 heterocycles. The third kappa shape index (κ3) is 49.2. The molecule has 0 N–H and O–H groups in total. The summed E-state index contributed by atoms with van der Waals surface area (Å²) >= 11 is 0. The fourth-order valence-corrected chi connectivity index (χ4v) is 6.89. The number of carbonyl (C=O) groups excluding carboxylic acids is 3. The van der Waals surface area contributed by atoms with Crippen LogP contribution in [0.1, 0.15) is 226 Å². The molecule has 1 unspecified atom stereocenters. The first-order valence-electron chi connectivity index (χ1n) is 25.8. The van der Waals surface area contributed by atoms with E-state index in [-0.39, 0.29) is 31.6 Å². The van der Waals surface area contributed by atoms with E-state index < -0.39 is 12.1 Å². The topological polar surface area (TPSA) is 78.9 Å². The van der Waals surface area contributed by atoms with E-state index >= 15 is 0 Å². The zero-order valence-electron chi connectivity index (χ0n) is 40.8. The zero-order valence-corrected chi connectivity index (χ0v) is 40.8. The highest BCUT2D eigenvalue weighted by Gasteiger charge is 2.19. The third-order valence-corrected chi connectivity index (χ3v) is 10.7. The quantitative estimate of drug-likeness (QED) is 0.0199. The minimum atomic E-state index is -0.822. The second-order valence-electron chi connectivity index (χ2n) is 16.8. The molecule has 0 aliphatic carbocycles. The summed E-state index contributed by atoms with van der Waals surface area (Å²) in [5.74, 6) is -1.07. The molecule has 0 rings (SSSR count). The van der Waals surface area contributed by atoms with Gasteiger partial charge < -0.3 is 14.2 Å². The van der Waals surface area contributed by atoms with Crippen molar-refractivity contribution in [1.82, 2.24) is 0 Å². The summed E-state index contributed by atoms with van der Waals surface area (Å²) in [4.78, 5) is 37.8. The maximum Gasteiger partial charge on any atom is 0.309 e. The van der Waals surface area contributed by atoms with Gasteiger partial charge in [0.1, 0.15) is 13.2 Å². The first-order chi connectivity index (χ1) is 31.0. The molecule has 0 fully saturated rings. The van der Waals surface area contributed by atoms with Gasteiger partial charge in [0.25, 0.3) is 0 Å². The van der Waals surface area contributed by atoms with E-state index in [4.69, 9.17) is 14.2 Å². The van der Waals surface area contributed by atoms with Crippen LogP contribution in [-0.2, 0) is 28.6 Å². The van der Waals surface area contributed by atoms with Crippen molar-refractivity contribution in [3.63, 3.8) is 0 Å². The van der Waals surface area contributed by atoms with E-state index in [1.807, 2.05) is 42.5 Å². The molecule has 0 aliphatic heterocycles. The molecule has 0 aliphatic rings. The molecular formula is C57H94O6. The predicted octanol–water partition coefficient (Wildman–Crippen LogP) is 17.0. The lowest BCUT2D eigenvalue weighted by atomic mass is 10.0. The van der Waals surface area contributed by atoms with Gasteiger partial charge in [0.15, 0.2) is 6.10 Å². The molecule has 6 heteroatoms. The number of rotatable bonds is 45. The lowest BCUT2D eigenvalue weighted by molar-refractivity contribution is -0.166. The molecular weight excluding hydrogens is 781 g/mol. The van der Waals surface area contributed by atoms with Crippen LogP contribution in [0, 0.1) is 0 Å². The van der Waals surface area contributed by atoms with Gasteiger partial charge in [-0.3, -0.25) is 14.4 Å². The van der Waals surface area contributed by atoms with Gasteiger partial charge in [0.05, 0.1) is 6.42 Å². The second-order valence-corrected chi connectivity index (χ2v) is 16.8. The van der Waals surface area contributed by atoms with E-state index in [9.17, 15) is 14.4 Å². The van der Waals surface area contributed by atoms with Gasteiger partial charge in [-0.1, -0.05) is 253 Å². The maximum atomic E-state index is 12.8. The van der Waals surface area contributed by atoms with Crippen LogP contribution in [0.3, 0.4) is 0 Å². The normalized spacial score (nSPS) is 12.9. The number of carbonyl (C=O) groups is 3. The Kier molecular flexibility index (Phi) is 48.0. The molecule has 6 nitrogen and oxygen atoms in total. The number of allylic oxidation sites excluding steroid dienone is 15. The lowest BCUT2D eigenvalue weighted by Crippen LogP contribution is -2.30. The molecule has 0 bridgehead atoms. The van der Waals surface area contributed by atoms with Crippen molar-refractivity contribution in [2.45, 2.75) is 232 Å². The Morgan fingerprint density at radius 1 is 0.365 bits per heavy atom. The lowest BCUT2D eigenvalue weighted by Gasteiger charge is -2.18. The molecule has 0 aromatic heterocycles. The summed E-state index contributed by atoms with van der Waals surface area (Å²) in [7, 11) is 0. The highest BCUT2D eigenvalue weighted by Crippen LogP contribution is 2.15. The highest BCUT2D eigenvalue weighted by atomic mass is 16.6. The summed E-state index contributed by atoms with van der Waals surface area (Å²) in [5.41, 5.74) is 0. The van der Waals surface area contributed by atoms with E-state index in [2.05, 4.69) is 69.4 Å². The van der Waals surface area contributed by atoms with E-state index in [1.165, 1.54) is 103 Å². The second kappa shape index (κ2) is 51.0. The van der Waals surface area contributed by atoms with E-state index in [0.29, 0.717) is 12.8 Å². The number of ether oxygens (including phenoxy) is 3. The Morgan fingerprint density at radius 2 is 0.762 bits per heavy atom. The largest absolute Gasteiger partial charge is 0.462 e. The van der Waals surface area contributed by atoms with Crippen molar-refractivity contribution in [2.24, 2.45) is 0 Å². The zero-order chi connectivity index (χ0) is 45.8. The molecule has 0 aromatic rings. The van der Waals surface area contributed by atoms with Crippen LogP contribution in [0.25, 0.3) is 0 Å². The fraction of sp³-hybridized carbons (Fsp3) is 0.667. The Balaban J connectivity index is 4.41.